The van der Waals surface area contributed by atoms with E-state index in [1.807, 2.05) is 43.3 Å². The summed E-state index contributed by atoms with van der Waals surface area (Å²) in [6.07, 6.45) is 1.94. The van der Waals surface area contributed by atoms with Gasteiger partial charge in [-0.1, -0.05) is 50.2 Å². The third-order valence-corrected chi connectivity index (χ3v) is 9.25. The topological polar surface area (TPSA) is 129 Å². The van der Waals surface area contributed by atoms with E-state index in [4.69, 9.17) is 33.5 Å². The molecule has 0 amide bonds. The number of ether oxygens (including phenoxy) is 6. The molecule has 3 aromatic rings. The summed E-state index contributed by atoms with van der Waals surface area (Å²) in [5.41, 5.74) is 4.55. The minimum Gasteiger partial charge on any atom is -0.394 e. The Morgan fingerprint density at radius 3 is 1.09 bits per heavy atom. The molecule has 0 spiro atoms. The van der Waals surface area contributed by atoms with Crippen molar-refractivity contribution in [2.24, 2.45) is 0 Å². The summed E-state index contributed by atoms with van der Waals surface area (Å²) < 4.78 is 34.1. The van der Waals surface area contributed by atoms with Crippen LogP contribution < -0.4 is 14.7 Å². The summed E-state index contributed by atoms with van der Waals surface area (Å²) in [7, 11) is 4.01. The lowest BCUT2D eigenvalue weighted by Crippen LogP contribution is -2.32. The molecule has 0 aliphatic heterocycles. The van der Waals surface area contributed by atoms with E-state index in [9.17, 15) is 10.4 Å². The molecule has 0 heterocycles. The number of hydrogen-bond donors (Lipinski definition) is 2. The summed E-state index contributed by atoms with van der Waals surface area (Å²) in [6, 6.07) is 27.4. The fourth-order valence-electron chi connectivity index (χ4n) is 6.25. The van der Waals surface area contributed by atoms with Crippen molar-refractivity contribution < 1.29 is 38.6 Å². The second kappa shape index (κ2) is 27.8. The molecule has 0 fully saturated rings. The average Bonchev–Trinajstić information content (AvgIpc) is 3.23. The van der Waals surface area contributed by atoms with Crippen LogP contribution in [0.15, 0.2) is 72.8 Å². The number of aliphatic hydroxyl groups excluding tert-OH is 2. The van der Waals surface area contributed by atoms with Crippen LogP contribution in [0.2, 0.25) is 0 Å². The maximum atomic E-state index is 11.2. The smallest absolute Gasteiger partial charge is 0.132 e. The summed E-state index contributed by atoms with van der Waals surface area (Å²) >= 11 is 0. The van der Waals surface area contributed by atoms with Gasteiger partial charge in [0.2, 0.25) is 0 Å². The summed E-state index contributed by atoms with van der Waals surface area (Å²) in [6.45, 7) is 12.9. The van der Waals surface area contributed by atoms with Crippen LogP contribution in [0.25, 0.3) is 0 Å². The maximum Gasteiger partial charge on any atom is 0.132 e. The molecule has 1 unspecified atom stereocenters. The van der Waals surface area contributed by atoms with Crippen LogP contribution in [-0.4, -0.2) is 143 Å². The molecule has 3 rings (SSSR count). The molecule has 0 bridgehead atoms. The number of nitrogens with zero attached hydrogens (tertiary/aromatic N) is 4. The van der Waals surface area contributed by atoms with Crippen molar-refractivity contribution in [3.63, 3.8) is 0 Å². The molecule has 0 aliphatic carbocycles. The van der Waals surface area contributed by atoms with E-state index in [1.165, 1.54) is 0 Å². The Morgan fingerprint density at radius 1 is 0.464 bits per heavy atom. The number of rotatable bonds is 32. The van der Waals surface area contributed by atoms with Gasteiger partial charge in [-0.2, -0.15) is 5.26 Å². The van der Waals surface area contributed by atoms with E-state index in [0.29, 0.717) is 92.2 Å². The molecule has 2 N–H and O–H groups in total. The summed E-state index contributed by atoms with van der Waals surface area (Å²) in [5.74, 6) is 0. The number of nitriles is 1. The van der Waals surface area contributed by atoms with Gasteiger partial charge in [0, 0.05) is 70.6 Å². The van der Waals surface area contributed by atoms with E-state index in [-0.39, 0.29) is 19.8 Å². The highest BCUT2D eigenvalue weighted by atomic mass is 16.5. The SMILES string of the molecule is CCCOCCOCCN(CCOCCO)c1ccc(C(C#N)(c2ccc(N(C)C)cc2)c2ccc(N(CCOCCC)CCOCCOCCO)cc2)cc1. The Morgan fingerprint density at radius 2 is 0.768 bits per heavy atom. The van der Waals surface area contributed by atoms with Crippen molar-refractivity contribution >= 4 is 17.1 Å². The quantitative estimate of drug-likeness (QED) is 0.0645. The van der Waals surface area contributed by atoms with Crippen LogP contribution in [0.3, 0.4) is 0 Å². The Labute approximate surface area is 335 Å². The minimum absolute atomic E-state index is 0.00549. The van der Waals surface area contributed by atoms with Gasteiger partial charge in [0.05, 0.1) is 85.4 Å². The molecule has 12 nitrogen and oxygen atoms in total. The van der Waals surface area contributed by atoms with Gasteiger partial charge in [-0.25, -0.2) is 0 Å². The van der Waals surface area contributed by atoms with Gasteiger partial charge in [-0.15, -0.1) is 0 Å². The molecular formula is C44H66N4O8. The fraction of sp³-hybridized carbons (Fsp3) is 0.568. The lowest BCUT2D eigenvalue weighted by Gasteiger charge is -2.31. The van der Waals surface area contributed by atoms with Gasteiger partial charge < -0.3 is 53.3 Å². The molecule has 310 valence electrons. The van der Waals surface area contributed by atoms with Gasteiger partial charge in [-0.05, 0) is 65.9 Å². The monoisotopic (exact) mass is 778 g/mol. The molecular weight excluding hydrogens is 713 g/mol. The van der Waals surface area contributed by atoms with Crippen LogP contribution in [0, 0.1) is 11.3 Å². The van der Waals surface area contributed by atoms with Gasteiger partial charge in [0.1, 0.15) is 5.41 Å². The highest BCUT2D eigenvalue weighted by molar-refractivity contribution is 5.62. The first-order valence-corrected chi connectivity index (χ1v) is 20.0. The highest BCUT2D eigenvalue weighted by Crippen LogP contribution is 2.40. The Hall–Kier alpha value is -3.77. The molecule has 0 radical (unpaired) electrons. The van der Waals surface area contributed by atoms with E-state index >= 15 is 0 Å². The Balaban J connectivity index is 1.93. The first-order valence-electron chi connectivity index (χ1n) is 20.0. The summed E-state index contributed by atoms with van der Waals surface area (Å²) in [5, 5.41) is 29.4. The molecule has 56 heavy (non-hydrogen) atoms. The Bertz CT molecular complexity index is 1390. The molecule has 12 heteroatoms. The van der Waals surface area contributed by atoms with Crippen LogP contribution in [0.5, 0.6) is 0 Å². The summed E-state index contributed by atoms with van der Waals surface area (Å²) in [4.78, 5) is 6.49. The Kier molecular flexibility index (Phi) is 23.1. The molecule has 3 aromatic carbocycles. The standard InChI is InChI=1S/C44H66N4O8/c1-5-25-51-27-19-47(21-30-55-35-36-56-32-24-50)42-15-9-39(10-16-42)44(37-45,38-7-13-41(14-8-38)46(3)4)40-11-17-43(18-12-40)48(20-28-53-31-23-49)22-29-54-34-33-52-26-6-2/h7-18,49-50H,5-6,19-36H2,1-4H3. The van der Waals surface area contributed by atoms with Crippen LogP contribution in [0.1, 0.15) is 43.4 Å². The lowest BCUT2D eigenvalue weighted by atomic mass is 9.70. The molecule has 0 aliphatic rings. The lowest BCUT2D eigenvalue weighted by molar-refractivity contribution is 0.0348. The zero-order valence-corrected chi connectivity index (χ0v) is 34.2. The van der Waals surface area contributed by atoms with E-state index in [1.54, 1.807) is 0 Å². The maximum absolute atomic E-state index is 11.2. The van der Waals surface area contributed by atoms with Crippen LogP contribution >= 0.6 is 0 Å². The van der Waals surface area contributed by atoms with Crippen molar-refractivity contribution in [1.29, 1.82) is 5.26 Å². The molecule has 0 saturated carbocycles. The van der Waals surface area contributed by atoms with Crippen molar-refractivity contribution in [2.75, 3.05) is 147 Å². The first-order chi connectivity index (χ1) is 27.4. The van der Waals surface area contributed by atoms with E-state index < -0.39 is 5.41 Å². The van der Waals surface area contributed by atoms with Crippen molar-refractivity contribution in [2.45, 2.75) is 32.1 Å². The van der Waals surface area contributed by atoms with Crippen molar-refractivity contribution in [1.82, 2.24) is 0 Å². The van der Waals surface area contributed by atoms with Crippen molar-refractivity contribution in [3.8, 4) is 6.07 Å². The van der Waals surface area contributed by atoms with Gasteiger partial charge in [0.25, 0.3) is 0 Å². The van der Waals surface area contributed by atoms with Crippen LogP contribution in [0.4, 0.5) is 17.1 Å². The third-order valence-electron chi connectivity index (χ3n) is 9.25. The van der Waals surface area contributed by atoms with Gasteiger partial charge >= 0.3 is 0 Å². The molecule has 1 atom stereocenters. The van der Waals surface area contributed by atoms with Crippen molar-refractivity contribution in [3.05, 3.63) is 89.5 Å². The number of aliphatic hydroxyl groups is 2. The second-order valence-electron chi connectivity index (χ2n) is 13.5. The third kappa shape index (κ3) is 15.3. The van der Waals surface area contributed by atoms with E-state index in [0.717, 1.165) is 53.2 Å². The zero-order chi connectivity index (χ0) is 40.3. The normalized spacial score (nSPS) is 12.3. The predicted molar refractivity (Wildman–Crippen MR) is 223 cm³/mol. The van der Waals surface area contributed by atoms with Gasteiger partial charge in [0.15, 0.2) is 0 Å². The predicted octanol–water partition coefficient (Wildman–Crippen LogP) is 5.13. The molecule has 0 saturated heterocycles. The number of anilines is 3. The second-order valence-corrected chi connectivity index (χ2v) is 13.5. The average molecular weight is 779 g/mol. The minimum atomic E-state index is -1.09. The first kappa shape index (κ1) is 46.6. The van der Waals surface area contributed by atoms with E-state index in [2.05, 4.69) is 78.2 Å². The fourth-order valence-corrected chi connectivity index (χ4v) is 6.25. The van der Waals surface area contributed by atoms with Crippen LogP contribution in [-0.2, 0) is 33.8 Å². The number of benzene rings is 3. The zero-order valence-electron chi connectivity index (χ0n) is 34.2. The van der Waals surface area contributed by atoms with Gasteiger partial charge in [-0.3, -0.25) is 0 Å². The molecule has 0 aromatic heterocycles. The highest BCUT2D eigenvalue weighted by Gasteiger charge is 2.37. The number of hydrogen-bond acceptors (Lipinski definition) is 12. The largest absolute Gasteiger partial charge is 0.394 e.